The Hall–Kier alpha value is -1.52. The van der Waals surface area contributed by atoms with Gasteiger partial charge in [0.1, 0.15) is 0 Å². The zero-order valence-electron chi connectivity index (χ0n) is 11.8. The summed E-state index contributed by atoms with van der Waals surface area (Å²) in [4.78, 5) is 12.0. The molecular weight excluding hydrogens is 352 g/mol. The van der Waals surface area contributed by atoms with Gasteiger partial charge < -0.3 is 10.6 Å². The van der Waals surface area contributed by atoms with Crippen molar-refractivity contribution >= 4 is 44.8 Å². The highest BCUT2D eigenvalue weighted by atomic mass is 79.9. The molecule has 0 aliphatic carbocycles. The molecule has 0 fully saturated rings. The molecule has 0 spiro atoms. The topological polar surface area (TPSA) is 41.1 Å². The molecule has 0 aromatic heterocycles. The normalized spacial score (nSPS) is 10.3. The molecule has 1 amide bonds. The third-order valence-corrected chi connectivity index (χ3v) is 3.93. The van der Waals surface area contributed by atoms with Crippen LogP contribution in [-0.2, 0) is 4.79 Å². The fourth-order valence-corrected chi connectivity index (χ4v) is 2.64. The minimum absolute atomic E-state index is 0.112. The summed E-state index contributed by atoms with van der Waals surface area (Å²) in [6.07, 6.45) is 0. The van der Waals surface area contributed by atoms with Gasteiger partial charge >= 0.3 is 0 Å². The summed E-state index contributed by atoms with van der Waals surface area (Å²) >= 11 is 9.39. The highest BCUT2D eigenvalue weighted by Crippen LogP contribution is 2.23. The maximum Gasteiger partial charge on any atom is 0.243 e. The van der Waals surface area contributed by atoms with Crippen molar-refractivity contribution in [2.24, 2.45) is 0 Å². The molecule has 2 aromatic rings. The average molecular weight is 368 g/mol. The lowest BCUT2D eigenvalue weighted by atomic mass is 10.2. The quantitative estimate of drug-likeness (QED) is 0.817. The number of aryl methyl sites for hydroxylation is 2. The first-order valence-corrected chi connectivity index (χ1v) is 7.69. The van der Waals surface area contributed by atoms with E-state index in [9.17, 15) is 4.79 Å². The van der Waals surface area contributed by atoms with Gasteiger partial charge in [0.2, 0.25) is 5.91 Å². The number of hydrogen-bond donors (Lipinski definition) is 2. The molecule has 0 aliphatic heterocycles. The summed E-state index contributed by atoms with van der Waals surface area (Å²) in [5, 5.41) is 6.60. The monoisotopic (exact) mass is 366 g/mol. The maximum atomic E-state index is 12.0. The summed E-state index contributed by atoms with van der Waals surface area (Å²) in [6, 6.07) is 11.3. The maximum absolute atomic E-state index is 12.0. The zero-order chi connectivity index (χ0) is 15.4. The number of carbonyl (C=O) groups is 1. The molecule has 0 atom stereocenters. The van der Waals surface area contributed by atoms with Crippen LogP contribution in [0, 0.1) is 13.8 Å². The van der Waals surface area contributed by atoms with Gasteiger partial charge in [-0.15, -0.1) is 0 Å². The van der Waals surface area contributed by atoms with Crippen molar-refractivity contribution in [2.45, 2.75) is 13.8 Å². The fraction of sp³-hybridized carbons (Fsp3) is 0.188. The van der Waals surface area contributed by atoms with Gasteiger partial charge in [0.05, 0.1) is 12.2 Å². The van der Waals surface area contributed by atoms with Gasteiger partial charge in [-0.2, -0.15) is 0 Å². The van der Waals surface area contributed by atoms with Crippen LogP contribution in [0.1, 0.15) is 11.1 Å². The van der Waals surface area contributed by atoms with Crippen molar-refractivity contribution in [3.63, 3.8) is 0 Å². The molecule has 5 heteroatoms. The Bertz CT molecular complexity index is 673. The van der Waals surface area contributed by atoms with Crippen LogP contribution < -0.4 is 10.6 Å². The van der Waals surface area contributed by atoms with Gasteiger partial charge in [-0.05, 0) is 65.2 Å². The van der Waals surface area contributed by atoms with Crippen LogP contribution in [0.15, 0.2) is 40.9 Å². The van der Waals surface area contributed by atoms with Crippen LogP contribution in [0.2, 0.25) is 5.02 Å². The van der Waals surface area contributed by atoms with E-state index in [4.69, 9.17) is 11.6 Å². The second-order valence-corrected chi connectivity index (χ2v) is 6.14. The van der Waals surface area contributed by atoms with Crippen molar-refractivity contribution in [3.05, 3.63) is 57.0 Å². The molecule has 0 aliphatic rings. The molecule has 21 heavy (non-hydrogen) atoms. The number of hydrogen-bond acceptors (Lipinski definition) is 2. The summed E-state index contributed by atoms with van der Waals surface area (Å²) in [5.74, 6) is -0.112. The number of nitrogens with one attached hydrogen (secondary N) is 2. The van der Waals surface area contributed by atoms with E-state index in [1.54, 1.807) is 0 Å². The first-order chi connectivity index (χ1) is 9.95. The lowest BCUT2D eigenvalue weighted by molar-refractivity contribution is -0.114. The van der Waals surface area contributed by atoms with Gasteiger partial charge in [0.25, 0.3) is 0 Å². The lowest BCUT2D eigenvalue weighted by Gasteiger charge is -2.11. The molecule has 0 unspecified atom stereocenters. The Morgan fingerprint density at radius 3 is 2.62 bits per heavy atom. The largest absolute Gasteiger partial charge is 0.376 e. The number of anilines is 2. The van der Waals surface area contributed by atoms with Crippen LogP contribution in [0.25, 0.3) is 0 Å². The zero-order valence-corrected chi connectivity index (χ0v) is 14.2. The van der Waals surface area contributed by atoms with E-state index in [0.29, 0.717) is 5.02 Å². The van der Waals surface area contributed by atoms with E-state index in [-0.39, 0.29) is 12.5 Å². The van der Waals surface area contributed by atoms with Gasteiger partial charge in [-0.25, -0.2) is 0 Å². The second-order valence-electron chi connectivity index (χ2n) is 4.84. The molecule has 0 bridgehead atoms. The van der Waals surface area contributed by atoms with E-state index in [1.165, 1.54) is 0 Å². The van der Waals surface area contributed by atoms with Crippen LogP contribution in [0.5, 0.6) is 0 Å². The molecule has 0 radical (unpaired) electrons. The smallest absolute Gasteiger partial charge is 0.243 e. The Kier molecular flexibility index (Phi) is 5.26. The second kappa shape index (κ2) is 6.96. The van der Waals surface area contributed by atoms with Crippen LogP contribution in [0.4, 0.5) is 11.4 Å². The van der Waals surface area contributed by atoms with Crippen molar-refractivity contribution < 1.29 is 4.79 Å². The summed E-state index contributed by atoms with van der Waals surface area (Å²) in [6.45, 7) is 4.15. The van der Waals surface area contributed by atoms with Crippen molar-refractivity contribution in [1.82, 2.24) is 0 Å². The lowest BCUT2D eigenvalue weighted by Crippen LogP contribution is -2.22. The van der Waals surface area contributed by atoms with Gasteiger partial charge in [-0.1, -0.05) is 23.7 Å². The number of benzene rings is 2. The molecule has 3 nitrogen and oxygen atoms in total. The van der Waals surface area contributed by atoms with Crippen LogP contribution in [0.3, 0.4) is 0 Å². The minimum Gasteiger partial charge on any atom is -0.376 e. The molecule has 0 heterocycles. The predicted molar refractivity (Wildman–Crippen MR) is 92.2 cm³/mol. The number of halogens is 2. The molecule has 2 aromatic carbocycles. The van der Waals surface area contributed by atoms with Crippen LogP contribution in [-0.4, -0.2) is 12.5 Å². The van der Waals surface area contributed by atoms with Gasteiger partial charge in [-0.3, -0.25) is 4.79 Å². The Morgan fingerprint density at radius 2 is 1.90 bits per heavy atom. The minimum atomic E-state index is -0.112. The Morgan fingerprint density at radius 1 is 1.14 bits per heavy atom. The standard InChI is InChI=1S/C16H16BrClN2O/c1-10-3-6-14(13(17)7-10)20-16(21)9-19-15-8-12(18)5-4-11(15)2/h3-8,19H,9H2,1-2H3,(H,20,21). The van der Waals surface area contributed by atoms with E-state index < -0.39 is 0 Å². The van der Waals surface area contributed by atoms with Crippen LogP contribution >= 0.6 is 27.5 Å². The summed E-state index contributed by atoms with van der Waals surface area (Å²) in [7, 11) is 0. The predicted octanol–water partition coefficient (Wildman–Crippen LogP) is 4.77. The molecule has 110 valence electrons. The van der Waals surface area contributed by atoms with E-state index in [0.717, 1.165) is 27.0 Å². The van der Waals surface area contributed by atoms with Crippen molar-refractivity contribution in [1.29, 1.82) is 0 Å². The highest BCUT2D eigenvalue weighted by Gasteiger charge is 2.07. The molecule has 0 saturated carbocycles. The van der Waals surface area contributed by atoms with E-state index >= 15 is 0 Å². The van der Waals surface area contributed by atoms with Crippen molar-refractivity contribution in [3.8, 4) is 0 Å². The van der Waals surface area contributed by atoms with E-state index in [2.05, 4.69) is 26.6 Å². The first kappa shape index (κ1) is 15.9. The summed E-state index contributed by atoms with van der Waals surface area (Å²) in [5.41, 5.74) is 3.80. The van der Waals surface area contributed by atoms with E-state index in [1.807, 2.05) is 50.2 Å². The Labute approximate surface area is 137 Å². The highest BCUT2D eigenvalue weighted by molar-refractivity contribution is 9.10. The molecule has 2 rings (SSSR count). The third-order valence-electron chi connectivity index (χ3n) is 3.04. The third kappa shape index (κ3) is 4.48. The summed E-state index contributed by atoms with van der Waals surface area (Å²) < 4.78 is 0.870. The van der Waals surface area contributed by atoms with Gasteiger partial charge in [0, 0.05) is 15.2 Å². The van der Waals surface area contributed by atoms with Crippen molar-refractivity contribution in [2.75, 3.05) is 17.2 Å². The fourth-order valence-electron chi connectivity index (χ4n) is 1.88. The Balaban J connectivity index is 1.97. The number of amides is 1. The van der Waals surface area contributed by atoms with Gasteiger partial charge in [0.15, 0.2) is 0 Å². The average Bonchev–Trinajstić information content (AvgIpc) is 2.43. The first-order valence-electron chi connectivity index (χ1n) is 6.52. The number of rotatable bonds is 4. The SMILES string of the molecule is Cc1ccc(NC(=O)CNc2cc(Cl)ccc2C)c(Br)c1. The molecular formula is C16H16BrClN2O. The molecule has 0 saturated heterocycles. The number of carbonyl (C=O) groups excluding carboxylic acids is 1. The molecule has 2 N–H and O–H groups in total.